The Morgan fingerprint density at radius 1 is 0.933 bits per heavy atom. The summed E-state index contributed by atoms with van der Waals surface area (Å²) in [6.07, 6.45) is 0. The zero-order chi connectivity index (χ0) is 21.6. The van der Waals surface area contributed by atoms with Crippen molar-refractivity contribution in [3.8, 4) is 22.8 Å². The van der Waals surface area contributed by atoms with Crippen molar-refractivity contribution < 1.29 is 14.2 Å². The molecule has 0 aliphatic carbocycles. The van der Waals surface area contributed by atoms with Crippen molar-refractivity contribution in [2.75, 3.05) is 13.4 Å². The normalized spacial score (nSPS) is 11.5. The van der Waals surface area contributed by atoms with Gasteiger partial charge in [-0.3, -0.25) is 0 Å². The van der Waals surface area contributed by atoms with Crippen LogP contribution in [0, 0.1) is 6.92 Å². The number of rotatable bonds is 10. The van der Waals surface area contributed by atoms with Crippen LogP contribution in [0.5, 0.6) is 11.5 Å². The molecule has 0 aliphatic rings. The number of nitrogens with one attached hydrogen (secondary N) is 1. The Morgan fingerprint density at radius 2 is 1.63 bits per heavy atom. The highest BCUT2D eigenvalue weighted by molar-refractivity contribution is 9.10. The average molecular weight is 488 g/mol. The van der Waals surface area contributed by atoms with E-state index in [2.05, 4.69) is 64.8 Å². The summed E-state index contributed by atoms with van der Waals surface area (Å²) in [5.41, 5.74) is 4.25. The number of H-pyrrole nitrogens is 1. The lowest BCUT2D eigenvalue weighted by Gasteiger charge is -2.17. The van der Waals surface area contributed by atoms with E-state index >= 15 is 0 Å². The van der Waals surface area contributed by atoms with Gasteiger partial charge >= 0.3 is 0 Å². The molecule has 0 amide bonds. The molecule has 0 unspecified atom stereocenters. The van der Waals surface area contributed by atoms with E-state index in [9.17, 15) is 0 Å². The molecule has 1 aromatic heterocycles. The number of hydrogen-bond donors (Lipinski definition) is 1. The Kier molecular flexibility index (Phi) is 7.80. The van der Waals surface area contributed by atoms with E-state index < -0.39 is 8.07 Å². The molecule has 0 aliphatic heterocycles. The lowest BCUT2D eigenvalue weighted by atomic mass is 10.1. The molecule has 0 saturated carbocycles. The fourth-order valence-electron chi connectivity index (χ4n) is 2.89. The van der Waals surface area contributed by atoms with E-state index in [1.165, 1.54) is 0 Å². The van der Waals surface area contributed by atoms with Crippen LogP contribution in [0.15, 0.2) is 59.1 Å². The van der Waals surface area contributed by atoms with Crippen molar-refractivity contribution >= 4 is 24.0 Å². The van der Waals surface area contributed by atoms with Crippen LogP contribution in [0.4, 0.5) is 0 Å². The molecular weight excluding hydrogens is 458 g/mol. The summed E-state index contributed by atoms with van der Waals surface area (Å²) in [5, 5.41) is 0. The predicted octanol–water partition coefficient (Wildman–Crippen LogP) is 7.02. The predicted molar refractivity (Wildman–Crippen MR) is 129 cm³/mol. The topological polar surface area (TPSA) is 43.5 Å². The van der Waals surface area contributed by atoms with Crippen LogP contribution in [0.3, 0.4) is 0 Å². The maximum atomic E-state index is 6.13. The third-order valence-corrected chi connectivity index (χ3v) is 7.17. The summed E-state index contributed by atoms with van der Waals surface area (Å²) in [4.78, 5) is 3.38. The Morgan fingerprint density at radius 3 is 2.27 bits per heavy atom. The molecular formula is C24H30BrNO3Si. The van der Waals surface area contributed by atoms with Crippen molar-refractivity contribution in [2.45, 2.75) is 39.2 Å². The van der Waals surface area contributed by atoms with Gasteiger partial charge in [0.25, 0.3) is 0 Å². The maximum absolute atomic E-state index is 6.13. The van der Waals surface area contributed by atoms with Gasteiger partial charge in [0.05, 0.1) is 0 Å². The van der Waals surface area contributed by atoms with Gasteiger partial charge < -0.3 is 19.2 Å². The molecule has 0 bridgehead atoms. The van der Waals surface area contributed by atoms with Crippen LogP contribution in [0.25, 0.3) is 11.3 Å². The van der Waals surface area contributed by atoms with Gasteiger partial charge in [-0.15, -0.1) is 0 Å². The van der Waals surface area contributed by atoms with Gasteiger partial charge in [-0.05, 0) is 58.7 Å². The summed E-state index contributed by atoms with van der Waals surface area (Å²) < 4.78 is 18.6. The van der Waals surface area contributed by atoms with Gasteiger partial charge in [-0.25, -0.2) is 0 Å². The van der Waals surface area contributed by atoms with Crippen LogP contribution < -0.4 is 9.47 Å². The molecule has 1 N–H and O–H groups in total. The van der Waals surface area contributed by atoms with Crippen LogP contribution in [0.2, 0.25) is 25.7 Å². The summed E-state index contributed by atoms with van der Waals surface area (Å²) >= 11 is 3.66. The van der Waals surface area contributed by atoms with E-state index in [1.807, 2.05) is 37.3 Å². The molecule has 6 heteroatoms. The van der Waals surface area contributed by atoms with Crippen LogP contribution in [-0.4, -0.2) is 26.5 Å². The van der Waals surface area contributed by atoms with Crippen molar-refractivity contribution in [1.29, 1.82) is 0 Å². The fraction of sp³-hybridized carbons (Fsp3) is 0.333. The molecule has 0 radical (unpaired) electrons. The number of aromatic nitrogens is 1. The van der Waals surface area contributed by atoms with E-state index in [4.69, 9.17) is 14.2 Å². The molecule has 2 aromatic carbocycles. The van der Waals surface area contributed by atoms with Gasteiger partial charge in [-0.1, -0.05) is 50.0 Å². The van der Waals surface area contributed by atoms with Crippen molar-refractivity contribution in [2.24, 2.45) is 0 Å². The average Bonchev–Trinajstić information content (AvgIpc) is 3.14. The fourth-order valence-corrected chi connectivity index (χ4v) is 4.10. The van der Waals surface area contributed by atoms with Crippen LogP contribution in [-0.2, 0) is 11.3 Å². The molecule has 3 aromatic rings. The van der Waals surface area contributed by atoms with E-state index in [-0.39, 0.29) is 6.79 Å². The van der Waals surface area contributed by atoms with Gasteiger partial charge in [0.15, 0.2) is 6.79 Å². The zero-order valence-corrected chi connectivity index (χ0v) is 20.7. The minimum absolute atomic E-state index is 0.217. The smallest absolute Gasteiger partial charge is 0.189 e. The first-order valence-electron chi connectivity index (χ1n) is 10.2. The standard InChI is InChI=1S/C24H30BrNO3Si/c1-18-10-11-21(26-18)20-14-22(28-16-19-8-6-5-7-9-19)24(25)23(15-20)29-17-27-12-13-30(2,3)4/h5-11,14-15,26H,12-13,16-17H2,1-4H3. The van der Waals surface area contributed by atoms with Gasteiger partial charge in [-0.2, -0.15) is 0 Å². The Labute approximate surface area is 188 Å². The van der Waals surface area contributed by atoms with E-state index in [0.29, 0.717) is 12.4 Å². The lowest BCUT2D eigenvalue weighted by molar-refractivity contribution is 0.0214. The Balaban J connectivity index is 1.76. The minimum Gasteiger partial charge on any atom is -0.488 e. The summed E-state index contributed by atoms with van der Waals surface area (Å²) in [6.45, 7) is 10.5. The van der Waals surface area contributed by atoms with Gasteiger partial charge in [0.1, 0.15) is 22.6 Å². The number of halogens is 1. The molecule has 1 heterocycles. The summed E-state index contributed by atoms with van der Waals surface area (Å²) in [7, 11) is -1.11. The number of aryl methyl sites for hydroxylation is 1. The second-order valence-corrected chi connectivity index (χ2v) is 15.0. The van der Waals surface area contributed by atoms with Crippen LogP contribution in [0.1, 0.15) is 11.3 Å². The molecule has 3 rings (SSSR count). The highest BCUT2D eigenvalue weighted by Crippen LogP contribution is 2.39. The third kappa shape index (κ3) is 6.76. The number of ether oxygens (including phenoxy) is 3. The van der Waals surface area contributed by atoms with Crippen LogP contribution >= 0.6 is 15.9 Å². The summed E-state index contributed by atoms with van der Waals surface area (Å²) in [5.74, 6) is 1.44. The zero-order valence-electron chi connectivity index (χ0n) is 18.1. The molecule has 0 atom stereocenters. The first-order valence-corrected chi connectivity index (χ1v) is 14.7. The molecule has 0 spiro atoms. The van der Waals surface area contributed by atoms with E-state index in [1.54, 1.807) is 0 Å². The van der Waals surface area contributed by atoms with Gasteiger partial charge in [0.2, 0.25) is 0 Å². The van der Waals surface area contributed by atoms with Gasteiger partial charge in [0, 0.05) is 31.6 Å². The number of hydrogen-bond acceptors (Lipinski definition) is 3. The highest BCUT2D eigenvalue weighted by atomic mass is 79.9. The minimum atomic E-state index is -1.11. The second kappa shape index (κ2) is 10.3. The monoisotopic (exact) mass is 487 g/mol. The molecule has 0 fully saturated rings. The molecule has 0 saturated heterocycles. The SMILES string of the molecule is Cc1ccc(-c2cc(OCOCC[Si](C)(C)C)c(Br)c(OCc3ccccc3)c2)[nH]1. The lowest BCUT2D eigenvalue weighted by Crippen LogP contribution is -2.22. The van der Waals surface area contributed by atoms with Crippen molar-refractivity contribution in [3.63, 3.8) is 0 Å². The molecule has 160 valence electrons. The number of benzene rings is 2. The first-order chi connectivity index (χ1) is 14.3. The van der Waals surface area contributed by atoms with Crippen molar-refractivity contribution in [3.05, 3.63) is 70.3 Å². The Hall–Kier alpha value is -2.02. The Bertz CT molecular complexity index is 951. The largest absolute Gasteiger partial charge is 0.488 e. The third-order valence-electron chi connectivity index (χ3n) is 4.68. The second-order valence-electron chi connectivity index (χ2n) is 8.60. The maximum Gasteiger partial charge on any atom is 0.189 e. The molecule has 30 heavy (non-hydrogen) atoms. The number of aromatic amines is 1. The summed E-state index contributed by atoms with van der Waals surface area (Å²) in [6, 6.07) is 19.4. The van der Waals surface area contributed by atoms with Crippen molar-refractivity contribution in [1.82, 2.24) is 4.98 Å². The first kappa shape index (κ1) is 22.7. The van der Waals surface area contributed by atoms with E-state index in [0.717, 1.165) is 45.4 Å². The highest BCUT2D eigenvalue weighted by Gasteiger charge is 2.15. The quantitative estimate of drug-likeness (QED) is 0.189. The molecule has 4 nitrogen and oxygen atoms in total.